The Labute approximate surface area is 124 Å². The number of rotatable bonds is 5. The summed E-state index contributed by atoms with van der Waals surface area (Å²) < 4.78 is 28.8. The summed E-state index contributed by atoms with van der Waals surface area (Å²) in [6.45, 7) is 5.50. The zero-order valence-corrected chi connectivity index (χ0v) is 13.0. The molecule has 1 unspecified atom stereocenters. The van der Waals surface area contributed by atoms with Crippen LogP contribution in [0.5, 0.6) is 0 Å². The van der Waals surface area contributed by atoms with Crippen LogP contribution < -0.4 is 4.72 Å². The first-order chi connectivity index (χ1) is 9.79. The molecule has 2 rings (SSSR count). The standard InChI is InChI=1S/C14H19N3O3S/c1-10(2)17-9-13(8-15-17)16-21(19,20)14-6-4-5-12(7-14)11(3)18/h4-11,16,18H,1-3H3. The highest BCUT2D eigenvalue weighted by Gasteiger charge is 2.16. The van der Waals surface area contributed by atoms with Gasteiger partial charge in [-0.25, -0.2) is 8.42 Å². The molecule has 0 radical (unpaired) electrons. The van der Waals surface area contributed by atoms with Crippen LogP contribution in [0.25, 0.3) is 0 Å². The van der Waals surface area contributed by atoms with Gasteiger partial charge in [0.1, 0.15) is 0 Å². The summed E-state index contributed by atoms with van der Waals surface area (Å²) in [4.78, 5) is 0.109. The van der Waals surface area contributed by atoms with Crippen molar-refractivity contribution in [3.63, 3.8) is 0 Å². The van der Waals surface area contributed by atoms with Gasteiger partial charge in [-0.05, 0) is 38.5 Å². The Morgan fingerprint density at radius 3 is 2.57 bits per heavy atom. The molecule has 6 nitrogen and oxygen atoms in total. The van der Waals surface area contributed by atoms with Crippen molar-refractivity contribution in [2.75, 3.05) is 4.72 Å². The van der Waals surface area contributed by atoms with Gasteiger partial charge >= 0.3 is 0 Å². The fraction of sp³-hybridized carbons (Fsp3) is 0.357. The maximum absolute atomic E-state index is 12.3. The van der Waals surface area contributed by atoms with Gasteiger partial charge in [0.2, 0.25) is 0 Å². The third-order valence-electron chi connectivity index (χ3n) is 3.03. The van der Waals surface area contributed by atoms with Crippen molar-refractivity contribution in [1.82, 2.24) is 9.78 Å². The van der Waals surface area contributed by atoms with Crippen LogP contribution in [-0.2, 0) is 10.0 Å². The summed E-state index contributed by atoms with van der Waals surface area (Å²) in [5.74, 6) is 0. The minimum absolute atomic E-state index is 0.109. The summed E-state index contributed by atoms with van der Waals surface area (Å²) >= 11 is 0. The predicted molar refractivity (Wildman–Crippen MR) is 80.5 cm³/mol. The molecule has 0 amide bonds. The van der Waals surface area contributed by atoms with Gasteiger partial charge in [-0.15, -0.1) is 0 Å². The molecular weight excluding hydrogens is 290 g/mol. The highest BCUT2D eigenvalue weighted by molar-refractivity contribution is 7.92. The number of sulfonamides is 1. The topological polar surface area (TPSA) is 84.2 Å². The summed E-state index contributed by atoms with van der Waals surface area (Å²) in [5.41, 5.74) is 0.960. The second-order valence-corrected chi connectivity index (χ2v) is 6.84. The smallest absolute Gasteiger partial charge is 0.262 e. The van der Waals surface area contributed by atoms with Crippen molar-refractivity contribution in [2.45, 2.75) is 37.8 Å². The highest BCUT2D eigenvalue weighted by atomic mass is 32.2. The molecule has 2 aromatic rings. The van der Waals surface area contributed by atoms with Crippen LogP contribution >= 0.6 is 0 Å². The Hall–Kier alpha value is -1.86. The van der Waals surface area contributed by atoms with Crippen molar-refractivity contribution < 1.29 is 13.5 Å². The van der Waals surface area contributed by atoms with Crippen molar-refractivity contribution in [1.29, 1.82) is 0 Å². The van der Waals surface area contributed by atoms with E-state index in [2.05, 4.69) is 9.82 Å². The van der Waals surface area contributed by atoms with E-state index in [0.29, 0.717) is 11.3 Å². The molecule has 0 aliphatic heterocycles. The predicted octanol–water partition coefficient (Wildman–Crippen LogP) is 2.32. The Morgan fingerprint density at radius 1 is 1.29 bits per heavy atom. The summed E-state index contributed by atoms with van der Waals surface area (Å²) in [6.07, 6.45) is 2.39. The zero-order chi connectivity index (χ0) is 15.6. The number of hydrogen-bond donors (Lipinski definition) is 2. The molecule has 2 N–H and O–H groups in total. The fourth-order valence-electron chi connectivity index (χ4n) is 1.83. The van der Waals surface area contributed by atoms with E-state index in [1.807, 2.05) is 13.8 Å². The van der Waals surface area contributed by atoms with E-state index in [0.717, 1.165) is 0 Å². The van der Waals surface area contributed by atoms with Gasteiger partial charge in [0, 0.05) is 12.2 Å². The Bertz CT molecular complexity index is 721. The minimum atomic E-state index is -3.70. The third-order valence-corrected chi connectivity index (χ3v) is 4.41. The number of anilines is 1. The molecule has 21 heavy (non-hydrogen) atoms. The van der Waals surface area contributed by atoms with Gasteiger partial charge in [0.15, 0.2) is 0 Å². The largest absolute Gasteiger partial charge is 0.389 e. The second-order valence-electron chi connectivity index (χ2n) is 5.16. The highest BCUT2D eigenvalue weighted by Crippen LogP contribution is 2.20. The van der Waals surface area contributed by atoms with E-state index in [-0.39, 0.29) is 10.9 Å². The molecule has 1 aromatic carbocycles. The molecule has 0 aliphatic carbocycles. The molecule has 0 saturated carbocycles. The van der Waals surface area contributed by atoms with Gasteiger partial charge in [-0.1, -0.05) is 12.1 Å². The minimum Gasteiger partial charge on any atom is -0.389 e. The van der Waals surface area contributed by atoms with Crippen LogP contribution in [-0.4, -0.2) is 23.3 Å². The first kappa shape index (κ1) is 15.5. The van der Waals surface area contributed by atoms with E-state index in [4.69, 9.17) is 0 Å². The third kappa shape index (κ3) is 3.62. The molecule has 1 atom stereocenters. The summed E-state index contributed by atoms with van der Waals surface area (Å²) in [7, 11) is -3.70. The molecule has 0 spiro atoms. The van der Waals surface area contributed by atoms with Crippen molar-refractivity contribution >= 4 is 15.7 Å². The van der Waals surface area contributed by atoms with Crippen molar-refractivity contribution in [3.8, 4) is 0 Å². The summed E-state index contributed by atoms with van der Waals surface area (Å²) in [6, 6.07) is 6.39. The number of benzene rings is 1. The number of aliphatic hydroxyl groups is 1. The van der Waals surface area contributed by atoms with Gasteiger partial charge in [-0.2, -0.15) is 5.10 Å². The van der Waals surface area contributed by atoms with Crippen LogP contribution in [0.15, 0.2) is 41.6 Å². The molecule has 7 heteroatoms. The molecule has 0 fully saturated rings. The van der Waals surface area contributed by atoms with Crippen molar-refractivity contribution in [2.24, 2.45) is 0 Å². The molecule has 1 heterocycles. The number of aromatic nitrogens is 2. The van der Waals surface area contributed by atoms with Gasteiger partial charge < -0.3 is 5.11 Å². The molecule has 114 valence electrons. The maximum atomic E-state index is 12.3. The Morgan fingerprint density at radius 2 is 2.00 bits per heavy atom. The second kappa shape index (κ2) is 5.87. The molecule has 1 aromatic heterocycles. The van der Waals surface area contributed by atoms with Gasteiger partial charge in [-0.3, -0.25) is 9.40 Å². The average molecular weight is 309 g/mol. The SMILES string of the molecule is CC(O)c1cccc(S(=O)(=O)Nc2cnn(C(C)C)c2)c1. The lowest BCUT2D eigenvalue weighted by Crippen LogP contribution is -2.13. The normalized spacial score (nSPS) is 13.4. The van der Waals surface area contributed by atoms with Crippen LogP contribution in [0, 0.1) is 0 Å². The lowest BCUT2D eigenvalue weighted by Gasteiger charge is -2.09. The van der Waals surface area contributed by atoms with E-state index < -0.39 is 16.1 Å². The van der Waals surface area contributed by atoms with E-state index in [1.165, 1.54) is 18.3 Å². The van der Waals surface area contributed by atoms with Crippen LogP contribution in [0.2, 0.25) is 0 Å². The first-order valence-electron chi connectivity index (χ1n) is 6.64. The Kier molecular flexibility index (Phi) is 4.34. The molecular formula is C14H19N3O3S. The summed E-state index contributed by atoms with van der Waals surface area (Å²) in [5, 5.41) is 13.6. The van der Waals surface area contributed by atoms with Gasteiger partial charge in [0.05, 0.1) is 22.9 Å². The number of nitrogens with one attached hydrogen (secondary N) is 1. The number of nitrogens with zero attached hydrogens (tertiary/aromatic N) is 2. The quantitative estimate of drug-likeness (QED) is 0.887. The lowest BCUT2D eigenvalue weighted by molar-refractivity contribution is 0.199. The van der Waals surface area contributed by atoms with Crippen LogP contribution in [0.1, 0.15) is 38.5 Å². The average Bonchev–Trinajstić information content (AvgIpc) is 2.87. The number of aliphatic hydroxyl groups excluding tert-OH is 1. The maximum Gasteiger partial charge on any atom is 0.262 e. The molecule has 0 saturated heterocycles. The van der Waals surface area contributed by atoms with E-state index in [1.54, 1.807) is 29.9 Å². The van der Waals surface area contributed by atoms with E-state index in [9.17, 15) is 13.5 Å². The van der Waals surface area contributed by atoms with Crippen LogP contribution in [0.3, 0.4) is 0 Å². The molecule has 0 aliphatic rings. The first-order valence-corrected chi connectivity index (χ1v) is 8.13. The lowest BCUT2D eigenvalue weighted by atomic mass is 10.1. The Balaban J connectivity index is 2.27. The number of hydrogen-bond acceptors (Lipinski definition) is 4. The fourth-order valence-corrected chi connectivity index (χ4v) is 2.91. The van der Waals surface area contributed by atoms with Crippen molar-refractivity contribution in [3.05, 3.63) is 42.2 Å². The monoisotopic (exact) mass is 309 g/mol. The van der Waals surface area contributed by atoms with Gasteiger partial charge in [0.25, 0.3) is 10.0 Å². The zero-order valence-electron chi connectivity index (χ0n) is 12.2. The molecule has 0 bridgehead atoms. The van der Waals surface area contributed by atoms with Crippen LogP contribution in [0.4, 0.5) is 5.69 Å². The van der Waals surface area contributed by atoms with E-state index >= 15 is 0 Å².